The van der Waals surface area contributed by atoms with E-state index in [1.807, 2.05) is 0 Å². The molecule has 2 rings (SSSR count). The summed E-state index contributed by atoms with van der Waals surface area (Å²) in [4.78, 5) is 18.5. The highest BCUT2D eigenvalue weighted by Crippen LogP contribution is 2.33. The van der Waals surface area contributed by atoms with E-state index in [0.717, 1.165) is 25.7 Å². The minimum Gasteiger partial charge on any atom is -0.469 e. The highest BCUT2D eigenvalue weighted by molar-refractivity contribution is 5.61. The van der Waals surface area contributed by atoms with Gasteiger partial charge in [-0.1, -0.05) is 12.5 Å². The molecule has 1 aromatic heterocycles. The highest BCUT2D eigenvalue weighted by atomic mass is 16.6. The molecular weight excluding hydrogens is 260 g/mol. The molecule has 0 radical (unpaired) electrons. The van der Waals surface area contributed by atoms with Gasteiger partial charge in [0, 0.05) is 6.54 Å². The highest BCUT2D eigenvalue weighted by Gasteiger charge is 2.27. The van der Waals surface area contributed by atoms with Crippen molar-refractivity contribution in [3.63, 3.8) is 0 Å². The predicted octanol–water partition coefficient (Wildman–Crippen LogP) is 2.69. The predicted molar refractivity (Wildman–Crippen MR) is 74.9 cm³/mol. The zero-order chi connectivity index (χ0) is 14.4. The molecule has 7 nitrogen and oxygen atoms in total. The van der Waals surface area contributed by atoms with Crippen molar-refractivity contribution in [1.29, 1.82) is 0 Å². The summed E-state index contributed by atoms with van der Waals surface area (Å²) in [6.07, 6.45) is 8.08. The van der Waals surface area contributed by atoms with Crippen LogP contribution in [0.5, 0.6) is 5.88 Å². The van der Waals surface area contributed by atoms with Gasteiger partial charge in [-0.15, -0.1) is 6.58 Å². The Morgan fingerprint density at radius 3 is 2.85 bits per heavy atom. The van der Waals surface area contributed by atoms with E-state index in [1.165, 1.54) is 12.7 Å². The Bertz CT molecular complexity index is 487. The summed E-state index contributed by atoms with van der Waals surface area (Å²) in [6, 6.07) is 0. The molecule has 0 bridgehead atoms. The van der Waals surface area contributed by atoms with Crippen LogP contribution in [0.4, 0.5) is 11.5 Å². The fourth-order valence-corrected chi connectivity index (χ4v) is 2.25. The first kappa shape index (κ1) is 14.2. The molecule has 1 aliphatic carbocycles. The van der Waals surface area contributed by atoms with Gasteiger partial charge in [0.1, 0.15) is 12.4 Å². The van der Waals surface area contributed by atoms with Crippen molar-refractivity contribution in [2.75, 3.05) is 11.9 Å². The van der Waals surface area contributed by atoms with Crippen molar-refractivity contribution in [3.05, 3.63) is 29.1 Å². The lowest BCUT2D eigenvalue weighted by molar-refractivity contribution is -0.385. The van der Waals surface area contributed by atoms with Crippen LogP contribution in [0.3, 0.4) is 0 Å². The molecule has 1 N–H and O–H groups in total. The van der Waals surface area contributed by atoms with Gasteiger partial charge in [-0.25, -0.2) is 4.98 Å². The molecule has 1 heterocycles. The number of nitrogens with zero attached hydrogens (tertiary/aromatic N) is 3. The molecule has 1 aromatic rings. The van der Waals surface area contributed by atoms with Crippen molar-refractivity contribution in [2.24, 2.45) is 0 Å². The van der Waals surface area contributed by atoms with Gasteiger partial charge in [0.05, 0.1) is 4.92 Å². The number of nitrogens with one attached hydrogen (secondary N) is 1. The van der Waals surface area contributed by atoms with E-state index in [-0.39, 0.29) is 23.5 Å². The molecule has 1 aliphatic rings. The summed E-state index contributed by atoms with van der Waals surface area (Å²) < 4.78 is 5.71. The number of anilines is 1. The zero-order valence-corrected chi connectivity index (χ0v) is 11.2. The first-order valence-electron chi connectivity index (χ1n) is 6.73. The second kappa shape index (κ2) is 6.83. The second-order valence-corrected chi connectivity index (χ2v) is 4.68. The molecule has 0 amide bonds. The summed E-state index contributed by atoms with van der Waals surface area (Å²) >= 11 is 0. The zero-order valence-electron chi connectivity index (χ0n) is 11.2. The number of nitro groups is 1. The van der Waals surface area contributed by atoms with Crippen LogP contribution in [-0.4, -0.2) is 27.5 Å². The molecule has 20 heavy (non-hydrogen) atoms. The molecule has 0 aromatic carbocycles. The van der Waals surface area contributed by atoms with Crippen molar-refractivity contribution in [2.45, 2.75) is 38.2 Å². The maximum absolute atomic E-state index is 11.2. The average molecular weight is 278 g/mol. The number of hydrogen-bond donors (Lipinski definition) is 1. The van der Waals surface area contributed by atoms with Crippen LogP contribution in [0.15, 0.2) is 19.0 Å². The third kappa shape index (κ3) is 3.43. The Hall–Kier alpha value is -2.18. The maximum Gasteiger partial charge on any atom is 0.372 e. The summed E-state index contributed by atoms with van der Waals surface area (Å²) in [5.41, 5.74) is -0.208. The van der Waals surface area contributed by atoms with E-state index < -0.39 is 4.92 Å². The Labute approximate surface area is 117 Å². The smallest absolute Gasteiger partial charge is 0.372 e. The number of aromatic nitrogens is 2. The van der Waals surface area contributed by atoms with E-state index in [0.29, 0.717) is 6.54 Å². The van der Waals surface area contributed by atoms with Gasteiger partial charge in [-0.05, 0) is 25.7 Å². The lowest BCUT2D eigenvalue weighted by Crippen LogP contribution is -2.21. The normalized spacial score (nSPS) is 15.6. The molecule has 0 unspecified atom stereocenters. The fourth-order valence-electron chi connectivity index (χ4n) is 2.25. The molecule has 1 saturated carbocycles. The topological polar surface area (TPSA) is 90.2 Å². The SMILES string of the molecule is C=CCNc1ncnc(OC2CCCCC2)c1[N+](=O)[O-]. The van der Waals surface area contributed by atoms with Crippen LogP contribution in [0.25, 0.3) is 0 Å². The van der Waals surface area contributed by atoms with Gasteiger partial charge in [0.2, 0.25) is 5.82 Å². The van der Waals surface area contributed by atoms with E-state index in [9.17, 15) is 10.1 Å². The van der Waals surface area contributed by atoms with Crippen LogP contribution in [0.2, 0.25) is 0 Å². The van der Waals surface area contributed by atoms with Crippen LogP contribution in [0.1, 0.15) is 32.1 Å². The number of ether oxygens (including phenoxy) is 1. The lowest BCUT2D eigenvalue weighted by atomic mass is 9.98. The van der Waals surface area contributed by atoms with E-state index >= 15 is 0 Å². The molecule has 0 aliphatic heterocycles. The molecule has 0 saturated heterocycles. The van der Waals surface area contributed by atoms with E-state index in [2.05, 4.69) is 21.9 Å². The van der Waals surface area contributed by atoms with E-state index in [4.69, 9.17) is 4.74 Å². The monoisotopic (exact) mass is 278 g/mol. The summed E-state index contributed by atoms with van der Waals surface area (Å²) in [5.74, 6) is 0.208. The fraction of sp³-hybridized carbons (Fsp3) is 0.538. The van der Waals surface area contributed by atoms with Crippen molar-refractivity contribution >= 4 is 11.5 Å². The largest absolute Gasteiger partial charge is 0.469 e. The Kier molecular flexibility index (Phi) is 4.86. The van der Waals surface area contributed by atoms with Crippen LogP contribution >= 0.6 is 0 Å². The van der Waals surface area contributed by atoms with Crippen LogP contribution in [-0.2, 0) is 0 Å². The Morgan fingerprint density at radius 2 is 2.20 bits per heavy atom. The van der Waals surface area contributed by atoms with Gasteiger partial charge in [-0.3, -0.25) is 10.1 Å². The molecular formula is C13H18N4O3. The molecule has 0 atom stereocenters. The quantitative estimate of drug-likeness (QED) is 0.489. The van der Waals surface area contributed by atoms with Crippen LogP contribution in [0, 0.1) is 10.1 Å². The second-order valence-electron chi connectivity index (χ2n) is 4.68. The molecule has 7 heteroatoms. The van der Waals surface area contributed by atoms with E-state index in [1.54, 1.807) is 6.08 Å². The van der Waals surface area contributed by atoms with Gasteiger partial charge >= 0.3 is 5.69 Å². The van der Waals surface area contributed by atoms with Gasteiger partial charge in [-0.2, -0.15) is 4.98 Å². The average Bonchev–Trinajstić information content (AvgIpc) is 2.46. The summed E-state index contributed by atoms with van der Waals surface area (Å²) in [6.45, 7) is 3.95. The molecule has 1 fully saturated rings. The first-order valence-corrected chi connectivity index (χ1v) is 6.73. The van der Waals surface area contributed by atoms with Crippen molar-refractivity contribution < 1.29 is 9.66 Å². The number of hydrogen-bond acceptors (Lipinski definition) is 6. The van der Waals surface area contributed by atoms with Crippen molar-refractivity contribution in [1.82, 2.24) is 9.97 Å². The minimum atomic E-state index is -0.510. The third-order valence-corrected chi connectivity index (χ3v) is 3.22. The van der Waals surface area contributed by atoms with Crippen molar-refractivity contribution in [3.8, 4) is 5.88 Å². The Morgan fingerprint density at radius 1 is 1.45 bits per heavy atom. The maximum atomic E-state index is 11.2. The van der Waals surface area contributed by atoms with Gasteiger partial charge in [0.25, 0.3) is 5.88 Å². The summed E-state index contributed by atoms with van der Waals surface area (Å²) in [5, 5.41) is 14.1. The number of rotatable bonds is 6. The third-order valence-electron chi connectivity index (χ3n) is 3.22. The Balaban J connectivity index is 2.21. The minimum absolute atomic E-state index is 0.00426. The lowest BCUT2D eigenvalue weighted by Gasteiger charge is -2.22. The molecule has 0 spiro atoms. The standard InChI is InChI=1S/C13H18N4O3/c1-2-8-14-12-11(17(18)19)13(16-9-15-12)20-10-6-4-3-5-7-10/h2,9-10H,1,3-8H2,(H,14,15,16). The molecule has 108 valence electrons. The summed E-state index contributed by atoms with van der Waals surface area (Å²) in [7, 11) is 0. The van der Waals surface area contributed by atoms with Gasteiger partial charge in [0.15, 0.2) is 0 Å². The first-order chi connectivity index (χ1) is 9.72. The van der Waals surface area contributed by atoms with Crippen LogP contribution < -0.4 is 10.1 Å². The van der Waals surface area contributed by atoms with Gasteiger partial charge < -0.3 is 10.1 Å².